The summed E-state index contributed by atoms with van der Waals surface area (Å²) in [5, 5.41) is 0. The Morgan fingerprint density at radius 3 is 1.09 bits per heavy atom. The Morgan fingerprint density at radius 1 is 0.455 bits per heavy atom. The van der Waals surface area contributed by atoms with E-state index < -0.39 is 5.79 Å². The van der Waals surface area contributed by atoms with E-state index in [1.165, 1.54) is 11.1 Å². The lowest BCUT2D eigenvalue weighted by Crippen LogP contribution is -2.40. The second kappa shape index (κ2) is 9.95. The van der Waals surface area contributed by atoms with Crippen LogP contribution >= 0.6 is 0 Å². The molecule has 0 bridgehead atoms. The summed E-state index contributed by atoms with van der Waals surface area (Å²) in [5.74, 6) is 1.30. The third-order valence-electron chi connectivity index (χ3n) is 5.92. The van der Waals surface area contributed by atoms with Crippen LogP contribution in [0.4, 0.5) is 0 Å². The van der Waals surface area contributed by atoms with Crippen LogP contribution in [-0.4, -0.2) is 0 Å². The Bertz CT molecular complexity index is 1030. The predicted molar refractivity (Wildman–Crippen MR) is 136 cm³/mol. The largest absolute Gasteiger partial charge is 0.444 e. The fraction of sp³-hybridized carbons (Fsp3) is 0.226. The van der Waals surface area contributed by atoms with Crippen LogP contribution in [0.15, 0.2) is 109 Å². The van der Waals surface area contributed by atoms with Crippen molar-refractivity contribution in [2.24, 2.45) is 0 Å². The van der Waals surface area contributed by atoms with Crippen LogP contribution < -0.4 is 9.47 Å². The smallest absolute Gasteiger partial charge is 0.305 e. The van der Waals surface area contributed by atoms with E-state index in [0.717, 1.165) is 22.6 Å². The molecule has 0 amide bonds. The van der Waals surface area contributed by atoms with Gasteiger partial charge in [-0.3, -0.25) is 0 Å². The fourth-order valence-electron chi connectivity index (χ4n) is 3.91. The predicted octanol–water partition coefficient (Wildman–Crippen LogP) is 8.29. The second-order valence-electron chi connectivity index (χ2n) is 9.00. The van der Waals surface area contributed by atoms with Crippen molar-refractivity contribution in [3.05, 3.63) is 131 Å². The van der Waals surface area contributed by atoms with Gasteiger partial charge in [0, 0.05) is 11.1 Å². The molecule has 0 aliphatic rings. The molecule has 0 saturated carbocycles. The molecule has 0 heterocycles. The molecular weight excluding hydrogens is 404 g/mol. The van der Waals surface area contributed by atoms with Crippen molar-refractivity contribution in [3.8, 4) is 11.5 Å². The standard InChI is InChI=1S/C31H32O2/c1-23(2)25-15-19-29(20-16-25)32-31(27-11-7-5-8-12-27,28-13-9-6-10-14-28)33-30-21-17-26(18-22-30)24(3)4/h5-24H,1-4H3. The third kappa shape index (κ3) is 5.12. The zero-order chi connectivity index (χ0) is 23.3. The van der Waals surface area contributed by atoms with Gasteiger partial charge in [-0.15, -0.1) is 0 Å². The molecule has 33 heavy (non-hydrogen) atoms. The molecule has 0 spiro atoms. The highest BCUT2D eigenvalue weighted by Crippen LogP contribution is 2.38. The highest BCUT2D eigenvalue weighted by atomic mass is 16.7. The lowest BCUT2D eigenvalue weighted by atomic mass is 9.96. The van der Waals surface area contributed by atoms with E-state index in [0.29, 0.717) is 11.8 Å². The zero-order valence-corrected chi connectivity index (χ0v) is 19.9. The maximum absolute atomic E-state index is 6.77. The molecule has 4 rings (SSSR count). The van der Waals surface area contributed by atoms with E-state index in [4.69, 9.17) is 9.47 Å². The summed E-state index contributed by atoms with van der Waals surface area (Å²) in [6.07, 6.45) is 0. The number of hydrogen-bond acceptors (Lipinski definition) is 2. The molecule has 4 aromatic carbocycles. The molecule has 0 N–H and O–H groups in total. The van der Waals surface area contributed by atoms with Gasteiger partial charge in [-0.25, -0.2) is 0 Å². The molecular formula is C31H32O2. The highest BCUT2D eigenvalue weighted by molar-refractivity contribution is 5.40. The van der Waals surface area contributed by atoms with E-state index in [2.05, 4.69) is 76.2 Å². The van der Waals surface area contributed by atoms with Gasteiger partial charge >= 0.3 is 5.79 Å². The Hall–Kier alpha value is -3.52. The summed E-state index contributed by atoms with van der Waals surface area (Å²) in [6, 6.07) is 36.9. The highest BCUT2D eigenvalue weighted by Gasteiger charge is 2.40. The Balaban J connectivity index is 1.83. The maximum atomic E-state index is 6.77. The average Bonchev–Trinajstić information content (AvgIpc) is 2.85. The quantitative estimate of drug-likeness (QED) is 0.259. The van der Waals surface area contributed by atoms with E-state index >= 15 is 0 Å². The first-order valence-corrected chi connectivity index (χ1v) is 11.7. The summed E-state index contributed by atoms with van der Waals surface area (Å²) < 4.78 is 13.5. The summed E-state index contributed by atoms with van der Waals surface area (Å²) in [5.41, 5.74) is 4.41. The van der Waals surface area contributed by atoms with Crippen molar-refractivity contribution in [2.75, 3.05) is 0 Å². The van der Waals surface area contributed by atoms with Crippen LogP contribution in [0.3, 0.4) is 0 Å². The van der Waals surface area contributed by atoms with Crippen molar-refractivity contribution in [1.29, 1.82) is 0 Å². The van der Waals surface area contributed by atoms with Crippen molar-refractivity contribution in [2.45, 2.75) is 45.3 Å². The molecule has 0 aliphatic carbocycles. The van der Waals surface area contributed by atoms with Gasteiger partial charge in [-0.1, -0.05) is 113 Å². The van der Waals surface area contributed by atoms with Crippen molar-refractivity contribution < 1.29 is 9.47 Å². The summed E-state index contributed by atoms with van der Waals surface area (Å²) >= 11 is 0. The lowest BCUT2D eigenvalue weighted by molar-refractivity contribution is -0.0844. The van der Waals surface area contributed by atoms with Gasteiger partial charge in [0.15, 0.2) is 0 Å². The molecule has 0 aromatic heterocycles. The van der Waals surface area contributed by atoms with Gasteiger partial charge in [0.25, 0.3) is 0 Å². The van der Waals surface area contributed by atoms with Gasteiger partial charge in [-0.2, -0.15) is 0 Å². The van der Waals surface area contributed by atoms with Crippen LogP contribution in [0.25, 0.3) is 0 Å². The van der Waals surface area contributed by atoms with Crippen molar-refractivity contribution in [3.63, 3.8) is 0 Å². The fourth-order valence-corrected chi connectivity index (χ4v) is 3.91. The summed E-state index contributed by atoms with van der Waals surface area (Å²) in [6.45, 7) is 8.77. The van der Waals surface area contributed by atoms with Crippen LogP contribution in [0.2, 0.25) is 0 Å². The first kappa shape index (κ1) is 22.7. The summed E-state index contributed by atoms with van der Waals surface area (Å²) in [7, 11) is 0. The lowest BCUT2D eigenvalue weighted by Gasteiger charge is -2.35. The minimum Gasteiger partial charge on any atom is -0.444 e. The van der Waals surface area contributed by atoms with Crippen LogP contribution in [0.1, 0.15) is 61.8 Å². The van der Waals surface area contributed by atoms with Gasteiger partial charge < -0.3 is 9.47 Å². The molecule has 168 valence electrons. The monoisotopic (exact) mass is 436 g/mol. The maximum Gasteiger partial charge on any atom is 0.305 e. The van der Waals surface area contributed by atoms with E-state index in [-0.39, 0.29) is 0 Å². The zero-order valence-electron chi connectivity index (χ0n) is 19.9. The SMILES string of the molecule is CC(C)c1ccc(OC(Oc2ccc(C(C)C)cc2)(c2ccccc2)c2ccccc2)cc1. The first-order chi connectivity index (χ1) is 16.0. The molecule has 0 fully saturated rings. The average molecular weight is 437 g/mol. The number of rotatable bonds is 8. The van der Waals surface area contributed by atoms with Gasteiger partial charge in [0.05, 0.1) is 0 Å². The molecule has 4 aromatic rings. The molecule has 0 aliphatic heterocycles. The number of ether oxygens (including phenoxy) is 2. The molecule has 0 saturated heterocycles. The van der Waals surface area contributed by atoms with Gasteiger partial charge in [0.2, 0.25) is 0 Å². The van der Waals surface area contributed by atoms with Crippen molar-refractivity contribution in [1.82, 2.24) is 0 Å². The second-order valence-corrected chi connectivity index (χ2v) is 9.00. The third-order valence-corrected chi connectivity index (χ3v) is 5.92. The van der Waals surface area contributed by atoms with E-state index in [1.807, 2.05) is 60.7 Å². The Labute approximate surface area is 197 Å². The van der Waals surface area contributed by atoms with Crippen LogP contribution in [0, 0.1) is 0 Å². The Morgan fingerprint density at radius 2 is 0.788 bits per heavy atom. The minimum atomic E-state index is -1.14. The number of hydrogen-bond donors (Lipinski definition) is 0. The van der Waals surface area contributed by atoms with Crippen molar-refractivity contribution >= 4 is 0 Å². The molecule has 0 radical (unpaired) electrons. The molecule has 0 unspecified atom stereocenters. The first-order valence-electron chi connectivity index (χ1n) is 11.7. The van der Waals surface area contributed by atoms with Gasteiger partial charge in [0.1, 0.15) is 11.5 Å². The Kier molecular flexibility index (Phi) is 6.84. The van der Waals surface area contributed by atoms with E-state index in [9.17, 15) is 0 Å². The van der Waals surface area contributed by atoms with Crippen LogP contribution in [-0.2, 0) is 5.79 Å². The minimum absolute atomic E-state index is 0.461. The number of benzene rings is 4. The topological polar surface area (TPSA) is 18.5 Å². The van der Waals surface area contributed by atoms with Crippen LogP contribution in [0.5, 0.6) is 11.5 Å². The normalized spacial score (nSPS) is 11.6. The molecule has 0 atom stereocenters. The van der Waals surface area contributed by atoms with E-state index in [1.54, 1.807) is 0 Å². The van der Waals surface area contributed by atoms with Gasteiger partial charge in [-0.05, 0) is 47.2 Å². The summed E-state index contributed by atoms with van der Waals surface area (Å²) in [4.78, 5) is 0. The molecule has 2 nitrogen and oxygen atoms in total. The molecule has 2 heteroatoms.